The first kappa shape index (κ1) is 16.8. The van der Waals surface area contributed by atoms with Crippen molar-refractivity contribution >= 4 is 31.3 Å². The van der Waals surface area contributed by atoms with E-state index in [9.17, 15) is 22.0 Å². The molecule has 1 aliphatic rings. The summed E-state index contributed by atoms with van der Waals surface area (Å²) in [4.78, 5) is 13.1. The van der Waals surface area contributed by atoms with Crippen LogP contribution < -0.4 is 14.4 Å². The molecule has 1 aromatic rings. The molecule has 1 aromatic carbocycles. The predicted octanol–water partition coefficient (Wildman–Crippen LogP) is 1.97. The summed E-state index contributed by atoms with van der Waals surface area (Å²) in [6, 6.07) is 3.90. The number of benzene rings is 1. The van der Waals surface area contributed by atoms with E-state index in [1.54, 1.807) is 0 Å². The molecule has 10 heteroatoms. The van der Waals surface area contributed by atoms with Crippen molar-refractivity contribution in [3.05, 3.63) is 18.2 Å². The average molecular weight is 356 g/mol. The lowest BCUT2D eigenvalue weighted by atomic mass is 10.2. The van der Waals surface area contributed by atoms with Gasteiger partial charge in [0.2, 0.25) is 15.0 Å². The second-order valence-corrected chi connectivity index (χ2v) is 7.43. The number of amides is 1. The molecular formula is C12H12ClF2NO5S. The normalized spacial score (nSPS) is 18.9. The second-order valence-electron chi connectivity index (χ2n) is 4.52. The Morgan fingerprint density at radius 1 is 1.36 bits per heavy atom. The summed E-state index contributed by atoms with van der Waals surface area (Å²) < 4.78 is 56.4. The van der Waals surface area contributed by atoms with Gasteiger partial charge in [0.1, 0.15) is 5.25 Å². The van der Waals surface area contributed by atoms with E-state index in [1.807, 2.05) is 0 Å². The molecule has 0 aliphatic carbocycles. The van der Waals surface area contributed by atoms with E-state index in [0.29, 0.717) is 5.69 Å². The SMILES string of the molecule is COc1cc(N2CC(S(=O)(=O)Cl)CC2=O)ccc1OC(F)F. The van der Waals surface area contributed by atoms with Crippen LogP contribution >= 0.6 is 10.7 Å². The molecule has 22 heavy (non-hydrogen) atoms. The third kappa shape index (κ3) is 3.58. The highest BCUT2D eigenvalue weighted by molar-refractivity contribution is 8.14. The van der Waals surface area contributed by atoms with Crippen LogP contribution in [0.15, 0.2) is 18.2 Å². The number of anilines is 1. The van der Waals surface area contributed by atoms with Crippen molar-refractivity contribution in [3.8, 4) is 11.5 Å². The molecule has 1 atom stereocenters. The van der Waals surface area contributed by atoms with E-state index in [0.717, 1.165) is 0 Å². The van der Waals surface area contributed by atoms with E-state index < -0.39 is 26.8 Å². The van der Waals surface area contributed by atoms with Crippen LogP contribution in [0.1, 0.15) is 6.42 Å². The van der Waals surface area contributed by atoms with Crippen molar-refractivity contribution in [1.82, 2.24) is 0 Å². The van der Waals surface area contributed by atoms with Gasteiger partial charge in [0, 0.05) is 35.4 Å². The minimum atomic E-state index is -3.86. The van der Waals surface area contributed by atoms with Crippen molar-refractivity contribution in [2.24, 2.45) is 0 Å². The van der Waals surface area contributed by atoms with Gasteiger partial charge in [0.25, 0.3) is 0 Å². The Kier molecular flexibility index (Phi) is 4.76. The Morgan fingerprint density at radius 2 is 2.05 bits per heavy atom. The zero-order valence-corrected chi connectivity index (χ0v) is 12.9. The molecule has 0 bridgehead atoms. The number of carbonyl (C=O) groups is 1. The standard InChI is InChI=1S/C12H12ClF2NO5S/c1-20-10-4-7(2-3-9(10)21-12(14)15)16-6-8(5-11(16)17)22(13,18)19/h2-4,8,12H,5-6H2,1H3. The van der Waals surface area contributed by atoms with Gasteiger partial charge in [-0.05, 0) is 12.1 Å². The number of carbonyl (C=O) groups excluding carboxylic acids is 1. The molecule has 0 N–H and O–H groups in total. The van der Waals surface area contributed by atoms with Crippen molar-refractivity contribution in [1.29, 1.82) is 0 Å². The largest absolute Gasteiger partial charge is 0.493 e. The van der Waals surface area contributed by atoms with Gasteiger partial charge in [0.15, 0.2) is 11.5 Å². The van der Waals surface area contributed by atoms with Gasteiger partial charge in [0.05, 0.1) is 7.11 Å². The number of rotatable bonds is 5. The molecule has 1 amide bonds. The van der Waals surface area contributed by atoms with E-state index >= 15 is 0 Å². The number of halogens is 3. The van der Waals surface area contributed by atoms with Crippen LogP contribution in [0.4, 0.5) is 14.5 Å². The fourth-order valence-corrected chi connectivity index (χ4v) is 3.16. The lowest BCUT2D eigenvalue weighted by Gasteiger charge is -2.18. The molecule has 122 valence electrons. The molecule has 0 radical (unpaired) electrons. The van der Waals surface area contributed by atoms with Crippen molar-refractivity contribution in [2.75, 3.05) is 18.6 Å². The van der Waals surface area contributed by atoms with Crippen LogP contribution in [0.25, 0.3) is 0 Å². The van der Waals surface area contributed by atoms with Crippen LogP contribution in [0.2, 0.25) is 0 Å². The predicted molar refractivity (Wildman–Crippen MR) is 75.2 cm³/mol. The Hall–Kier alpha value is -1.61. The van der Waals surface area contributed by atoms with Crippen LogP contribution in [-0.2, 0) is 13.8 Å². The number of ether oxygens (including phenoxy) is 2. The molecule has 1 aliphatic heterocycles. The van der Waals surface area contributed by atoms with Crippen LogP contribution in [0, 0.1) is 0 Å². The number of nitrogens with zero attached hydrogens (tertiary/aromatic N) is 1. The number of hydrogen-bond donors (Lipinski definition) is 0. The zero-order chi connectivity index (χ0) is 16.5. The van der Waals surface area contributed by atoms with Gasteiger partial charge in [-0.3, -0.25) is 4.79 Å². The van der Waals surface area contributed by atoms with Gasteiger partial charge in [-0.1, -0.05) is 0 Å². The quantitative estimate of drug-likeness (QED) is 0.755. The fourth-order valence-electron chi connectivity index (χ4n) is 2.13. The summed E-state index contributed by atoms with van der Waals surface area (Å²) in [7, 11) is 2.66. The first-order valence-electron chi connectivity index (χ1n) is 6.09. The molecule has 6 nitrogen and oxygen atoms in total. The molecule has 1 fully saturated rings. The second kappa shape index (κ2) is 6.25. The molecule has 0 aromatic heterocycles. The Balaban J connectivity index is 2.28. The third-order valence-electron chi connectivity index (χ3n) is 3.16. The third-order valence-corrected chi connectivity index (χ3v) is 5.03. The van der Waals surface area contributed by atoms with Gasteiger partial charge in [-0.2, -0.15) is 8.78 Å². The van der Waals surface area contributed by atoms with E-state index in [4.69, 9.17) is 15.4 Å². The lowest BCUT2D eigenvalue weighted by molar-refractivity contribution is -0.117. The topological polar surface area (TPSA) is 72.9 Å². The summed E-state index contributed by atoms with van der Waals surface area (Å²) in [6.07, 6.45) is -0.233. The summed E-state index contributed by atoms with van der Waals surface area (Å²) >= 11 is 0. The van der Waals surface area contributed by atoms with Crippen molar-refractivity contribution < 1.29 is 31.5 Å². The highest BCUT2D eigenvalue weighted by Gasteiger charge is 2.38. The monoisotopic (exact) mass is 355 g/mol. The number of hydrogen-bond acceptors (Lipinski definition) is 5. The van der Waals surface area contributed by atoms with Gasteiger partial charge in [-0.25, -0.2) is 8.42 Å². The molecule has 2 rings (SSSR count). The smallest absolute Gasteiger partial charge is 0.387 e. The van der Waals surface area contributed by atoms with E-state index in [1.165, 1.54) is 30.2 Å². The minimum absolute atomic E-state index is 0.00257. The van der Waals surface area contributed by atoms with Crippen molar-refractivity contribution in [3.63, 3.8) is 0 Å². The Morgan fingerprint density at radius 3 is 2.55 bits per heavy atom. The highest BCUT2D eigenvalue weighted by Crippen LogP contribution is 2.35. The number of alkyl halides is 2. The summed E-state index contributed by atoms with van der Waals surface area (Å²) in [6.45, 7) is -3.12. The summed E-state index contributed by atoms with van der Waals surface area (Å²) in [5, 5.41) is -1.01. The maximum absolute atomic E-state index is 12.3. The maximum atomic E-state index is 12.3. The molecular weight excluding hydrogens is 344 g/mol. The molecule has 1 unspecified atom stereocenters. The molecule has 0 spiro atoms. The number of methoxy groups -OCH3 is 1. The average Bonchev–Trinajstić information content (AvgIpc) is 2.81. The summed E-state index contributed by atoms with van der Waals surface area (Å²) in [5.74, 6) is -0.615. The van der Waals surface area contributed by atoms with Gasteiger partial charge >= 0.3 is 6.61 Å². The maximum Gasteiger partial charge on any atom is 0.387 e. The van der Waals surface area contributed by atoms with Crippen LogP contribution in [0.5, 0.6) is 11.5 Å². The minimum Gasteiger partial charge on any atom is -0.493 e. The van der Waals surface area contributed by atoms with Crippen molar-refractivity contribution in [2.45, 2.75) is 18.3 Å². The fraction of sp³-hybridized carbons (Fsp3) is 0.417. The zero-order valence-electron chi connectivity index (χ0n) is 11.3. The van der Waals surface area contributed by atoms with Crippen LogP contribution in [-0.4, -0.2) is 39.8 Å². The van der Waals surface area contributed by atoms with E-state index in [-0.39, 0.29) is 24.5 Å². The van der Waals surface area contributed by atoms with E-state index in [2.05, 4.69) is 4.74 Å². The molecule has 1 heterocycles. The molecule has 1 saturated heterocycles. The first-order valence-corrected chi connectivity index (χ1v) is 8.46. The molecule has 0 saturated carbocycles. The van der Waals surface area contributed by atoms with Gasteiger partial charge in [-0.15, -0.1) is 0 Å². The highest BCUT2D eigenvalue weighted by atomic mass is 35.7. The Labute approximate surface area is 130 Å². The van der Waals surface area contributed by atoms with Gasteiger partial charge < -0.3 is 14.4 Å². The Bertz CT molecular complexity index is 682. The first-order chi connectivity index (χ1) is 10.2. The lowest BCUT2D eigenvalue weighted by Crippen LogP contribution is -2.26. The summed E-state index contributed by atoms with van der Waals surface area (Å²) in [5.41, 5.74) is 0.311. The van der Waals surface area contributed by atoms with Crippen LogP contribution in [0.3, 0.4) is 0 Å².